The van der Waals surface area contributed by atoms with Crippen molar-refractivity contribution >= 4 is 45.0 Å². The first-order valence-electron chi connectivity index (χ1n) is 9.24. The van der Waals surface area contributed by atoms with Crippen LogP contribution in [-0.2, 0) is 0 Å². The molecule has 0 N–H and O–H groups in total. The molecule has 8 heteroatoms. The third kappa shape index (κ3) is 5.44. The van der Waals surface area contributed by atoms with Gasteiger partial charge in [-0.15, -0.1) is 12.4 Å². The van der Waals surface area contributed by atoms with Crippen LogP contribution in [0.15, 0.2) is 42.5 Å². The minimum atomic E-state index is -0.527. The number of amides is 1. The third-order valence-corrected chi connectivity index (χ3v) is 5.28. The number of ether oxygens (including phenoxy) is 1. The molecule has 0 saturated heterocycles. The molecule has 0 atom stereocenters. The van der Waals surface area contributed by atoms with Gasteiger partial charge in [-0.1, -0.05) is 29.5 Å². The molecule has 0 unspecified atom stereocenters. The highest BCUT2D eigenvalue weighted by Crippen LogP contribution is 2.35. The Kier molecular flexibility index (Phi) is 8.37. The van der Waals surface area contributed by atoms with Gasteiger partial charge in [0.25, 0.3) is 5.91 Å². The molecule has 29 heavy (non-hydrogen) atoms. The second-order valence-corrected chi connectivity index (χ2v) is 7.63. The van der Waals surface area contributed by atoms with Crippen LogP contribution in [0.1, 0.15) is 23.7 Å². The number of halogens is 2. The number of carbonyl (C=O) groups excluding carboxylic acids is 1. The Balaban J connectivity index is 0.00000300. The molecule has 0 bridgehead atoms. The van der Waals surface area contributed by atoms with Crippen molar-refractivity contribution in [2.45, 2.75) is 13.3 Å². The molecule has 1 aromatic heterocycles. The van der Waals surface area contributed by atoms with E-state index in [1.165, 1.54) is 23.5 Å². The summed E-state index contributed by atoms with van der Waals surface area (Å²) in [4.78, 5) is 21.4. The minimum absolute atomic E-state index is 0. The Morgan fingerprint density at radius 2 is 1.90 bits per heavy atom. The van der Waals surface area contributed by atoms with Crippen LogP contribution < -0.4 is 9.64 Å². The number of carbonyl (C=O) groups is 1. The molecule has 3 rings (SSSR count). The minimum Gasteiger partial charge on any atom is -0.492 e. The van der Waals surface area contributed by atoms with Gasteiger partial charge in [0.1, 0.15) is 17.1 Å². The average Bonchev–Trinajstić information content (AvgIpc) is 3.10. The zero-order valence-corrected chi connectivity index (χ0v) is 18.4. The van der Waals surface area contributed by atoms with Crippen molar-refractivity contribution in [2.24, 2.45) is 0 Å². The molecule has 0 aliphatic rings. The molecule has 156 valence electrons. The summed E-state index contributed by atoms with van der Waals surface area (Å²) >= 11 is 1.41. The molecular weight excluding hydrogens is 413 g/mol. The summed E-state index contributed by atoms with van der Waals surface area (Å²) in [6.45, 7) is 3.72. The summed E-state index contributed by atoms with van der Waals surface area (Å²) in [6, 6.07) is 11.8. The number of thiazole rings is 1. The molecule has 0 fully saturated rings. The standard InChI is InChI=1S/C21H24FN3O2S.ClH/c1-4-27-17-11-7-12-18-19(17)23-21(28-18)25(14-8-13-24(2)3)20(26)15-9-5-6-10-16(15)22;/h5-7,9-12H,4,8,13-14H2,1-3H3;1H. The second-order valence-electron chi connectivity index (χ2n) is 6.63. The van der Waals surface area contributed by atoms with Gasteiger partial charge in [0, 0.05) is 6.54 Å². The third-order valence-electron chi connectivity index (χ3n) is 4.24. The van der Waals surface area contributed by atoms with Gasteiger partial charge in [0.05, 0.1) is 16.9 Å². The Morgan fingerprint density at radius 1 is 1.14 bits per heavy atom. The summed E-state index contributed by atoms with van der Waals surface area (Å²) < 4.78 is 20.8. The van der Waals surface area contributed by atoms with Gasteiger partial charge < -0.3 is 9.64 Å². The average molecular weight is 438 g/mol. The Bertz CT molecular complexity index is 964. The lowest BCUT2D eigenvalue weighted by molar-refractivity contribution is 0.0982. The molecule has 0 spiro atoms. The lowest BCUT2D eigenvalue weighted by Crippen LogP contribution is -2.34. The molecule has 0 saturated carbocycles. The van der Waals surface area contributed by atoms with Crippen LogP contribution in [-0.4, -0.2) is 49.6 Å². The number of para-hydroxylation sites is 1. The Hall–Kier alpha value is -2.22. The highest BCUT2D eigenvalue weighted by atomic mass is 35.5. The van der Waals surface area contributed by atoms with Crippen molar-refractivity contribution < 1.29 is 13.9 Å². The number of fused-ring (bicyclic) bond motifs is 1. The first kappa shape index (κ1) is 23.1. The SMILES string of the molecule is CCOc1cccc2sc(N(CCCN(C)C)C(=O)c3ccccc3F)nc12.Cl. The van der Waals surface area contributed by atoms with E-state index in [4.69, 9.17) is 4.74 Å². The fourth-order valence-electron chi connectivity index (χ4n) is 2.91. The van der Waals surface area contributed by atoms with E-state index in [2.05, 4.69) is 9.88 Å². The summed E-state index contributed by atoms with van der Waals surface area (Å²) in [5.74, 6) is -0.218. The number of benzene rings is 2. The molecule has 2 aromatic carbocycles. The highest BCUT2D eigenvalue weighted by Gasteiger charge is 2.24. The number of rotatable bonds is 8. The zero-order valence-electron chi connectivity index (χ0n) is 16.7. The number of hydrogen-bond acceptors (Lipinski definition) is 5. The van der Waals surface area contributed by atoms with Crippen LogP contribution >= 0.6 is 23.7 Å². The maximum atomic E-state index is 14.2. The van der Waals surface area contributed by atoms with Gasteiger partial charge in [-0.25, -0.2) is 9.37 Å². The Morgan fingerprint density at radius 3 is 2.59 bits per heavy atom. The molecule has 1 heterocycles. The summed E-state index contributed by atoms with van der Waals surface area (Å²) in [6.07, 6.45) is 0.751. The van der Waals surface area contributed by atoms with Crippen LogP contribution in [0.25, 0.3) is 10.2 Å². The van der Waals surface area contributed by atoms with E-state index in [0.29, 0.717) is 24.0 Å². The maximum absolute atomic E-state index is 14.2. The topological polar surface area (TPSA) is 45.7 Å². The predicted octanol–water partition coefficient (Wildman–Crippen LogP) is 4.85. The van der Waals surface area contributed by atoms with E-state index in [-0.39, 0.29) is 23.9 Å². The lowest BCUT2D eigenvalue weighted by Gasteiger charge is -2.21. The summed E-state index contributed by atoms with van der Waals surface area (Å²) in [5.41, 5.74) is 0.778. The van der Waals surface area contributed by atoms with Gasteiger partial charge in [-0.2, -0.15) is 0 Å². The van der Waals surface area contributed by atoms with Crippen molar-refractivity contribution in [1.29, 1.82) is 0 Å². The van der Waals surface area contributed by atoms with Gasteiger partial charge in [-0.3, -0.25) is 9.69 Å². The van der Waals surface area contributed by atoms with Crippen molar-refractivity contribution in [3.63, 3.8) is 0 Å². The van der Waals surface area contributed by atoms with E-state index in [0.717, 1.165) is 23.2 Å². The number of hydrogen-bond donors (Lipinski definition) is 0. The Labute approximate surface area is 180 Å². The molecule has 3 aromatic rings. The van der Waals surface area contributed by atoms with Gasteiger partial charge in [-0.05, 0) is 58.3 Å². The van der Waals surface area contributed by atoms with E-state index >= 15 is 0 Å². The normalized spacial score (nSPS) is 10.8. The van der Waals surface area contributed by atoms with Crippen LogP contribution in [0.4, 0.5) is 9.52 Å². The van der Waals surface area contributed by atoms with Crippen LogP contribution in [0.3, 0.4) is 0 Å². The first-order chi connectivity index (χ1) is 13.5. The van der Waals surface area contributed by atoms with Crippen molar-refractivity contribution in [3.05, 3.63) is 53.8 Å². The summed E-state index contributed by atoms with van der Waals surface area (Å²) in [5, 5.41) is 0.550. The van der Waals surface area contributed by atoms with Gasteiger partial charge in [0.15, 0.2) is 5.13 Å². The predicted molar refractivity (Wildman–Crippen MR) is 119 cm³/mol. The fraction of sp³-hybridized carbons (Fsp3) is 0.333. The zero-order chi connectivity index (χ0) is 20.1. The largest absolute Gasteiger partial charge is 0.492 e. The smallest absolute Gasteiger partial charge is 0.263 e. The van der Waals surface area contributed by atoms with Crippen LogP contribution in [0, 0.1) is 5.82 Å². The van der Waals surface area contributed by atoms with Crippen molar-refractivity contribution in [1.82, 2.24) is 9.88 Å². The monoisotopic (exact) mass is 437 g/mol. The van der Waals surface area contributed by atoms with E-state index in [1.807, 2.05) is 39.2 Å². The van der Waals surface area contributed by atoms with E-state index in [1.54, 1.807) is 17.0 Å². The van der Waals surface area contributed by atoms with Crippen LogP contribution in [0.2, 0.25) is 0 Å². The molecule has 1 amide bonds. The maximum Gasteiger partial charge on any atom is 0.263 e. The van der Waals surface area contributed by atoms with Gasteiger partial charge in [0.2, 0.25) is 0 Å². The molecule has 0 radical (unpaired) electrons. The van der Waals surface area contributed by atoms with E-state index in [9.17, 15) is 9.18 Å². The van der Waals surface area contributed by atoms with Gasteiger partial charge >= 0.3 is 0 Å². The van der Waals surface area contributed by atoms with Crippen LogP contribution in [0.5, 0.6) is 5.75 Å². The lowest BCUT2D eigenvalue weighted by atomic mass is 10.2. The second kappa shape index (κ2) is 10.5. The highest BCUT2D eigenvalue weighted by molar-refractivity contribution is 7.22. The fourth-order valence-corrected chi connectivity index (χ4v) is 3.92. The molecule has 0 aliphatic carbocycles. The molecular formula is C21H25ClFN3O2S. The van der Waals surface area contributed by atoms with Crippen molar-refractivity contribution in [3.8, 4) is 5.75 Å². The number of aromatic nitrogens is 1. The molecule has 5 nitrogen and oxygen atoms in total. The molecule has 0 aliphatic heterocycles. The quantitative estimate of drug-likeness (QED) is 0.505. The summed E-state index contributed by atoms with van der Waals surface area (Å²) in [7, 11) is 3.96. The number of nitrogens with zero attached hydrogens (tertiary/aromatic N) is 3. The number of anilines is 1. The van der Waals surface area contributed by atoms with Crippen molar-refractivity contribution in [2.75, 3.05) is 38.7 Å². The van der Waals surface area contributed by atoms with E-state index < -0.39 is 5.82 Å². The first-order valence-corrected chi connectivity index (χ1v) is 10.1.